The fourth-order valence-corrected chi connectivity index (χ4v) is 2.39. The van der Waals surface area contributed by atoms with Crippen molar-refractivity contribution in [2.75, 3.05) is 0 Å². The maximum absolute atomic E-state index is 12.5. The van der Waals surface area contributed by atoms with Crippen LogP contribution in [-0.4, -0.2) is 17.9 Å². The molecule has 0 fully saturated rings. The Balaban J connectivity index is 2.26. The fraction of sp³-hybridized carbons (Fsp3) is 0.222. The Labute approximate surface area is 140 Å². The Bertz CT molecular complexity index is 686. The predicted octanol–water partition coefficient (Wildman–Crippen LogP) is 3.34. The summed E-state index contributed by atoms with van der Waals surface area (Å²) >= 11 is 6.05. The van der Waals surface area contributed by atoms with Gasteiger partial charge in [0.25, 0.3) is 5.91 Å². The van der Waals surface area contributed by atoms with E-state index in [-0.39, 0.29) is 17.9 Å². The van der Waals surface area contributed by atoms with Crippen LogP contribution in [0.25, 0.3) is 0 Å². The molecular weight excluding hydrogens is 312 g/mol. The van der Waals surface area contributed by atoms with E-state index in [0.29, 0.717) is 16.1 Å². The van der Waals surface area contributed by atoms with Gasteiger partial charge in [0.15, 0.2) is 0 Å². The third-order valence-electron chi connectivity index (χ3n) is 3.22. The van der Waals surface area contributed by atoms with Gasteiger partial charge in [-0.1, -0.05) is 54.1 Å². The smallest absolute Gasteiger partial charge is 0.253 e. The van der Waals surface area contributed by atoms with Crippen LogP contribution < -0.4 is 10.6 Å². The molecule has 0 spiro atoms. The number of amides is 2. The molecule has 2 aromatic rings. The van der Waals surface area contributed by atoms with E-state index in [2.05, 4.69) is 10.6 Å². The molecule has 0 aliphatic heterocycles. The van der Waals surface area contributed by atoms with Crippen LogP contribution in [0.15, 0.2) is 54.6 Å². The van der Waals surface area contributed by atoms with Gasteiger partial charge in [0.1, 0.15) is 6.04 Å². The van der Waals surface area contributed by atoms with E-state index < -0.39 is 6.04 Å². The van der Waals surface area contributed by atoms with Gasteiger partial charge in [0, 0.05) is 6.04 Å². The monoisotopic (exact) mass is 330 g/mol. The molecule has 2 N–H and O–H groups in total. The fourth-order valence-electron chi connectivity index (χ4n) is 2.17. The summed E-state index contributed by atoms with van der Waals surface area (Å²) in [6, 6.07) is 15.1. The molecule has 0 aliphatic carbocycles. The van der Waals surface area contributed by atoms with Crippen molar-refractivity contribution >= 4 is 23.4 Å². The second-order valence-electron chi connectivity index (χ2n) is 5.46. The maximum Gasteiger partial charge on any atom is 0.253 e. The Morgan fingerprint density at radius 1 is 0.913 bits per heavy atom. The molecular formula is C18H19ClN2O2. The van der Waals surface area contributed by atoms with E-state index >= 15 is 0 Å². The highest BCUT2D eigenvalue weighted by Gasteiger charge is 2.24. The summed E-state index contributed by atoms with van der Waals surface area (Å²) in [7, 11) is 0. The molecule has 0 saturated heterocycles. The zero-order chi connectivity index (χ0) is 16.8. The first kappa shape index (κ1) is 17.0. The SMILES string of the molecule is CC(C)NC(=O)[C@@H](NC(=O)c1ccccc1Cl)c1ccccc1. The second kappa shape index (κ2) is 7.79. The molecule has 2 rings (SSSR count). The molecule has 2 aromatic carbocycles. The van der Waals surface area contributed by atoms with Crippen molar-refractivity contribution in [3.63, 3.8) is 0 Å². The van der Waals surface area contributed by atoms with Crippen molar-refractivity contribution < 1.29 is 9.59 Å². The van der Waals surface area contributed by atoms with Gasteiger partial charge in [-0.3, -0.25) is 9.59 Å². The van der Waals surface area contributed by atoms with Crippen molar-refractivity contribution in [2.24, 2.45) is 0 Å². The third-order valence-corrected chi connectivity index (χ3v) is 3.55. The first-order chi connectivity index (χ1) is 11.0. The number of benzene rings is 2. The van der Waals surface area contributed by atoms with Crippen LogP contribution in [0.5, 0.6) is 0 Å². The van der Waals surface area contributed by atoms with Gasteiger partial charge >= 0.3 is 0 Å². The minimum Gasteiger partial charge on any atom is -0.352 e. The van der Waals surface area contributed by atoms with Crippen LogP contribution in [0.4, 0.5) is 0 Å². The van der Waals surface area contributed by atoms with Gasteiger partial charge in [-0.15, -0.1) is 0 Å². The molecule has 23 heavy (non-hydrogen) atoms. The predicted molar refractivity (Wildman–Crippen MR) is 91.4 cm³/mol. The average molecular weight is 331 g/mol. The van der Waals surface area contributed by atoms with Gasteiger partial charge in [-0.05, 0) is 31.5 Å². The van der Waals surface area contributed by atoms with Crippen molar-refractivity contribution in [2.45, 2.75) is 25.9 Å². The third kappa shape index (κ3) is 4.57. The number of hydrogen-bond acceptors (Lipinski definition) is 2. The molecule has 0 aliphatic rings. The van der Waals surface area contributed by atoms with Gasteiger partial charge < -0.3 is 10.6 Å². The number of hydrogen-bond donors (Lipinski definition) is 2. The Hall–Kier alpha value is -2.33. The number of carbonyl (C=O) groups excluding carboxylic acids is 2. The van der Waals surface area contributed by atoms with Crippen LogP contribution in [0, 0.1) is 0 Å². The van der Waals surface area contributed by atoms with Crippen LogP contribution >= 0.6 is 11.6 Å². The van der Waals surface area contributed by atoms with Crippen molar-refractivity contribution in [1.29, 1.82) is 0 Å². The number of rotatable bonds is 5. The van der Waals surface area contributed by atoms with Crippen molar-refractivity contribution in [3.8, 4) is 0 Å². The molecule has 2 amide bonds. The lowest BCUT2D eigenvalue weighted by atomic mass is 10.0. The molecule has 0 bridgehead atoms. The van der Waals surface area contributed by atoms with E-state index in [1.165, 1.54) is 0 Å². The highest BCUT2D eigenvalue weighted by atomic mass is 35.5. The molecule has 0 saturated carbocycles. The molecule has 0 unspecified atom stereocenters. The number of carbonyl (C=O) groups is 2. The van der Waals surface area contributed by atoms with Crippen LogP contribution in [0.1, 0.15) is 35.8 Å². The molecule has 1 atom stereocenters. The lowest BCUT2D eigenvalue weighted by Gasteiger charge is -2.20. The van der Waals surface area contributed by atoms with E-state index in [9.17, 15) is 9.59 Å². The summed E-state index contributed by atoms with van der Waals surface area (Å²) in [5, 5.41) is 5.93. The van der Waals surface area contributed by atoms with Gasteiger partial charge in [-0.25, -0.2) is 0 Å². The van der Waals surface area contributed by atoms with E-state index in [1.807, 2.05) is 32.0 Å². The summed E-state index contributed by atoms with van der Waals surface area (Å²) in [5.41, 5.74) is 1.05. The highest BCUT2D eigenvalue weighted by molar-refractivity contribution is 6.33. The zero-order valence-corrected chi connectivity index (χ0v) is 13.8. The summed E-state index contributed by atoms with van der Waals surface area (Å²) < 4.78 is 0. The van der Waals surface area contributed by atoms with E-state index in [4.69, 9.17) is 11.6 Å². The topological polar surface area (TPSA) is 58.2 Å². The van der Waals surface area contributed by atoms with Crippen molar-refractivity contribution in [3.05, 3.63) is 70.7 Å². The molecule has 4 nitrogen and oxygen atoms in total. The zero-order valence-electron chi connectivity index (χ0n) is 13.0. The Morgan fingerprint density at radius 3 is 2.13 bits per heavy atom. The largest absolute Gasteiger partial charge is 0.352 e. The molecule has 0 radical (unpaired) electrons. The quantitative estimate of drug-likeness (QED) is 0.883. The standard InChI is InChI=1S/C18H19ClN2O2/c1-12(2)20-18(23)16(13-8-4-3-5-9-13)21-17(22)14-10-6-7-11-15(14)19/h3-12,16H,1-2H3,(H,20,23)(H,21,22)/t16-/m0/s1. The van der Waals surface area contributed by atoms with Gasteiger partial charge in [0.2, 0.25) is 5.91 Å². The Morgan fingerprint density at radius 2 is 1.52 bits per heavy atom. The molecule has 120 valence electrons. The lowest BCUT2D eigenvalue weighted by Crippen LogP contribution is -2.42. The summed E-state index contributed by atoms with van der Waals surface area (Å²) in [5.74, 6) is -0.644. The number of nitrogens with one attached hydrogen (secondary N) is 2. The molecule has 0 heterocycles. The minimum atomic E-state index is -0.776. The highest BCUT2D eigenvalue weighted by Crippen LogP contribution is 2.18. The van der Waals surface area contributed by atoms with Gasteiger partial charge in [-0.2, -0.15) is 0 Å². The first-order valence-corrected chi connectivity index (χ1v) is 7.77. The first-order valence-electron chi connectivity index (χ1n) is 7.39. The average Bonchev–Trinajstić information content (AvgIpc) is 2.53. The molecule has 0 aromatic heterocycles. The van der Waals surface area contributed by atoms with E-state index in [0.717, 1.165) is 0 Å². The number of halogens is 1. The maximum atomic E-state index is 12.5. The second-order valence-corrected chi connectivity index (χ2v) is 5.87. The Kier molecular flexibility index (Phi) is 5.77. The van der Waals surface area contributed by atoms with Crippen LogP contribution in [0.3, 0.4) is 0 Å². The normalized spacial score (nSPS) is 11.8. The van der Waals surface area contributed by atoms with Crippen molar-refractivity contribution in [1.82, 2.24) is 10.6 Å². The van der Waals surface area contributed by atoms with Crippen LogP contribution in [0.2, 0.25) is 5.02 Å². The lowest BCUT2D eigenvalue weighted by molar-refractivity contribution is -0.123. The molecule has 5 heteroatoms. The summed E-state index contributed by atoms with van der Waals surface area (Å²) in [4.78, 5) is 24.9. The van der Waals surface area contributed by atoms with E-state index in [1.54, 1.807) is 36.4 Å². The minimum absolute atomic E-state index is 0.0223. The van der Waals surface area contributed by atoms with Gasteiger partial charge in [0.05, 0.1) is 10.6 Å². The summed E-state index contributed by atoms with van der Waals surface area (Å²) in [6.45, 7) is 3.74. The van der Waals surface area contributed by atoms with Crippen LogP contribution in [-0.2, 0) is 4.79 Å². The summed E-state index contributed by atoms with van der Waals surface area (Å²) in [6.07, 6.45) is 0.